The van der Waals surface area contributed by atoms with Crippen molar-refractivity contribution >= 4 is 33.3 Å². The maximum Gasteiger partial charge on any atom is 0.267 e. The summed E-state index contributed by atoms with van der Waals surface area (Å²) in [6, 6.07) is 10.1. The Hall–Kier alpha value is -2.88. The molecule has 0 amide bonds. The molecule has 3 aromatic rings. The van der Waals surface area contributed by atoms with E-state index in [9.17, 15) is 19.0 Å². The summed E-state index contributed by atoms with van der Waals surface area (Å²) in [4.78, 5) is 18.6. The molecule has 2 bridgehead atoms. The molecule has 4 aliphatic rings. The first-order valence-corrected chi connectivity index (χ1v) is 13.1. The fourth-order valence-electron chi connectivity index (χ4n) is 6.31. The van der Waals surface area contributed by atoms with Crippen molar-refractivity contribution in [2.45, 2.75) is 44.6 Å². The summed E-state index contributed by atoms with van der Waals surface area (Å²) in [7, 11) is -3.53. The molecule has 3 aliphatic carbocycles. The van der Waals surface area contributed by atoms with Crippen molar-refractivity contribution in [2.24, 2.45) is 27.6 Å². The molecule has 3 heterocycles. The van der Waals surface area contributed by atoms with Crippen LogP contribution in [0.25, 0.3) is 11.0 Å². The topological polar surface area (TPSA) is 120 Å². The number of nitrogens with zero attached hydrogens (tertiary/aromatic N) is 3. The summed E-state index contributed by atoms with van der Waals surface area (Å²) in [6.07, 6.45) is 5.02. The predicted octanol–water partition coefficient (Wildman–Crippen LogP) is 5.07. The van der Waals surface area contributed by atoms with Crippen molar-refractivity contribution in [3.8, 4) is 5.75 Å². The Bertz CT molecular complexity index is 1410. The van der Waals surface area contributed by atoms with Crippen LogP contribution in [-0.2, 0) is 6.54 Å². The summed E-state index contributed by atoms with van der Waals surface area (Å²) in [5.41, 5.74) is 0.626. The van der Waals surface area contributed by atoms with E-state index in [0.29, 0.717) is 35.1 Å². The van der Waals surface area contributed by atoms with E-state index in [-0.39, 0.29) is 27.5 Å². The van der Waals surface area contributed by atoms with Crippen LogP contribution in [0.2, 0.25) is 0 Å². The van der Waals surface area contributed by atoms with Crippen LogP contribution in [0.1, 0.15) is 38.7 Å². The Morgan fingerprint density at radius 3 is 2.74 bits per heavy atom. The number of pyridine rings is 2. The Morgan fingerprint density at radius 1 is 1.18 bits per heavy atom. The largest absolute Gasteiger partial charge is 0.506 e. The highest BCUT2D eigenvalue weighted by molar-refractivity contribution is 8.23. The van der Waals surface area contributed by atoms with Crippen LogP contribution in [0.5, 0.6) is 5.75 Å². The molecule has 8 nitrogen and oxygen atoms in total. The maximum atomic E-state index is 13.9. The van der Waals surface area contributed by atoms with Gasteiger partial charge in [0.2, 0.25) is 0 Å². The molecular weight excluding hydrogens is 452 g/mol. The molecule has 9 heteroatoms. The van der Waals surface area contributed by atoms with Gasteiger partial charge >= 0.3 is 0 Å². The van der Waals surface area contributed by atoms with Crippen LogP contribution in [0.4, 0.5) is 5.69 Å². The number of aromatic nitrogens is 2. The maximum absolute atomic E-state index is 13.9. The van der Waals surface area contributed by atoms with Crippen molar-refractivity contribution < 1.29 is 14.2 Å². The summed E-state index contributed by atoms with van der Waals surface area (Å²) in [5, 5.41) is 14.6. The molecule has 3 fully saturated rings. The zero-order valence-electron chi connectivity index (χ0n) is 19.1. The molecule has 7 rings (SSSR count). The van der Waals surface area contributed by atoms with Gasteiger partial charge in [0.15, 0.2) is 5.84 Å². The molecule has 3 atom stereocenters. The van der Waals surface area contributed by atoms with E-state index >= 15 is 0 Å². The van der Waals surface area contributed by atoms with Gasteiger partial charge in [0, 0.05) is 12.7 Å². The zero-order chi connectivity index (χ0) is 23.8. The average Bonchev–Trinajstić information content (AvgIpc) is 2.81. The average molecular weight is 481 g/mol. The Labute approximate surface area is 198 Å². The number of nitrogens with one attached hydrogen (secondary N) is 1. The summed E-state index contributed by atoms with van der Waals surface area (Å²) >= 11 is 0. The first kappa shape index (κ1) is 21.6. The molecule has 1 aliphatic heterocycles. The van der Waals surface area contributed by atoms with Gasteiger partial charge in [-0.25, -0.2) is 4.98 Å². The summed E-state index contributed by atoms with van der Waals surface area (Å²) in [5.74, 6) is 1.31. The molecule has 2 aromatic heterocycles. The van der Waals surface area contributed by atoms with E-state index < -0.39 is 16.3 Å². The van der Waals surface area contributed by atoms with Crippen molar-refractivity contribution in [1.82, 2.24) is 9.55 Å². The van der Waals surface area contributed by atoms with Gasteiger partial charge in [0.1, 0.15) is 21.9 Å². The van der Waals surface area contributed by atoms with E-state index in [1.54, 1.807) is 47.2 Å². The van der Waals surface area contributed by atoms with Crippen LogP contribution < -0.4 is 10.9 Å². The van der Waals surface area contributed by atoms with E-state index in [4.69, 9.17) is 0 Å². The van der Waals surface area contributed by atoms with E-state index in [2.05, 4.69) is 28.5 Å². The minimum absolute atomic E-state index is 0.0478. The third-order valence-electron chi connectivity index (χ3n) is 8.30. The molecule has 0 unspecified atom stereocenters. The van der Waals surface area contributed by atoms with E-state index in [1.165, 1.54) is 6.42 Å². The Morgan fingerprint density at radius 2 is 1.97 bits per heavy atom. The van der Waals surface area contributed by atoms with Gasteiger partial charge in [-0.2, -0.15) is 0 Å². The molecule has 0 saturated heterocycles. The van der Waals surface area contributed by atoms with Crippen LogP contribution in [-0.4, -0.2) is 29.6 Å². The minimum Gasteiger partial charge on any atom is -0.506 e. The second kappa shape index (κ2) is 7.31. The third kappa shape index (κ3) is 3.03. The lowest BCUT2D eigenvalue weighted by molar-refractivity contribution is -0.108. The van der Waals surface area contributed by atoms with Crippen molar-refractivity contribution in [1.29, 1.82) is 0 Å². The summed E-state index contributed by atoms with van der Waals surface area (Å²) in [6.45, 7) is 5.14. The number of benzene rings is 1. The molecule has 0 radical (unpaired) electrons. The predicted molar refractivity (Wildman–Crippen MR) is 133 cm³/mol. The first-order valence-electron chi connectivity index (χ1n) is 11.6. The molecular formula is C25H28N4O4S. The van der Waals surface area contributed by atoms with E-state index in [0.717, 1.165) is 18.8 Å². The molecule has 178 valence electrons. The van der Waals surface area contributed by atoms with Gasteiger partial charge in [-0.3, -0.25) is 18.5 Å². The minimum atomic E-state index is -3.53. The van der Waals surface area contributed by atoms with Gasteiger partial charge < -0.3 is 10.4 Å². The number of fused-ring (bicyclic) bond motifs is 4. The number of rotatable bonds is 3. The monoisotopic (exact) mass is 480 g/mol. The smallest absolute Gasteiger partial charge is 0.267 e. The lowest BCUT2D eigenvalue weighted by atomic mass is 9.45. The fraction of sp³-hybridized carbons (Fsp3) is 0.400. The highest BCUT2D eigenvalue weighted by Crippen LogP contribution is 2.61. The molecule has 3 saturated carbocycles. The first-order chi connectivity index (χ1) is 16.2. The Kier molecular flexibility index (Phi) is 4.65. The fourth-order valence-corrected chi connectivity index (χ4v) is 7.47. The zero-order valence-corrected chi connectivity index (χ0v) is 19.9. The van der Waals surface area contributed by atoms with Crippen LogP contribution in [0.15, 0.2) is 56.7 Å². The van der Waals surface area contributed by atoms with Gasteiger partial charge in [0.25, 0.3) is 5.56 Å². The quantitative estimate of drug-likeness (QED) is 0.415. The van der Waals surface area contributed by atoms with Crippen molar-refractivity contribution in [3.63, 3.8) is 0 Å². The highest BCUT2D eigenvalue weighted by Gasteiger charge is 2.54. The molecule has 0 spiro atoms. The third-order valence-corrected chi connectivity index (χ3v) is 9.69. The lowest BCUT2D eigenvalue weighted by Gasteiger charge is -2.60. The van der Waals surface area contributed by atoms with E-state index in [1.807, 2.05) is 0 Å². The van der Waals surface area contributed by atoms with Crippen LogP contribution in [0, 0.1) is 23.2 Å². The number of aromatic hydroxyl groups is 1. The van der Waals surface area contributed by atoms with Crippen molar-refractivity contribution in [2.75, 3.05) is 5.32 Å². The second-order valence-electron chi connectivity index (χ2n) is 10.3. The van der Waals surface area contributed by atoms with Gasteiger partial charge in [-0.1, -0.05) is 36.8 Å². The lowest BCUT2D eigenvalue weighted by Crippen LogP contribution is -2.53. The molecule has 1 aromatic carbocycles. The number of anilines is 1. The number of amidine groups is 1. The Balaban J connectivity index is 1.51. The highest BCUT2D eigenvalue weighted by atomic mass is 32.3. The van der Waals surface area contributed by atoms with Crippen LogP contribution in [0.3, 0.4) is 0 Å². The number of para-hydroxylation sites is 1. The normalized spacial score (nSPS) is 27.2. The number of hydrogen-bond donors (Lipinski definition) is 4. The van der Waals surface area contributed by atoms with Crippen LogP contribution >= 0.6 is 10.8 Å². The standard InChI is InChI=1S/C25H28N4O4S/c1-25(2)15-10-9-14(17(25)12-15)13-29-23-16(6-5-11-26-23)21(30)20(24(29)31)22-27-18-7-3-4-8-19(18)34(32,33)28-22/h3-8,11,14-15,17,30,32-33H,9-10,12-13H2,1-2H3,(H,27,28)/t14-,15-,17+/m0/s1. The SMILES string of the molecule is CC1(C)[C@H]2CC[C@@H](Cn3c(=O)c(C4=NS(O)(O)c5ccccc5N4)c(O)c4cccnc43)[C@H]1C2. The van der Waals surface area contributed by atoms with Crippen molar-refractivity contribution in [3.05, 3.63) is 58.5 Å². The molecule has 34 heavy (non-hydrogen) atoms. The van der Waals surface area contributed by atoms with Gasteiger partial charge in [0.05, 0.1) is 11.1 Å². The summed E-state index contributed by atoms with van der Waals surface area (Å²) < 4.78 is 27.1. The molecule has 4 N–H and O–H groups in total. The van der Waals surface area contributed by atoms with Gasteiger partial charge in [-0.05, 0) is 66.7 Å². The van der Waals surface area contributed by atoms with Gasteiger partial charge in [-0.15, -0.1) is 4.40 Å². The number of hydrogen-bond acceptors (Lipinski definition) is 7. The second-order valence-corrected chi connectivity index (χ2v) is 12.0.